The summed E-state index contributed by atoms with van der Waals surface area (Å²) >= 11 is 0. The van der Waals surface area contributed by atoms with Gasteiger partial charge in [0.15, 0.2) is 12.2 Å². The molecule has 3 N–H and O–H groups in total. The van der Waals surface area contributed by atoms with E-state index in [2.05, 4.69) is 64.2 Å². The Hall–Kier alpha value is -2.98. The highest BCUT2D eigenvalue weighted by Crippen LogP contribution is 2.45. The maximum Gasteiger partial charge on any atom is 0.472 e. The zero-order valence-corrected chi connectivity index (χ0v) is 68.8. The van der Waals surface area contributed by atoms with Gasteiger partial charge in [-0.25, -0.2) is 9.13 Å². The van der Waals surface area contributed by atoms with Crippen molar-refractivity contribution in [1.82, 2.24) is 0 Å². The molecule has 0 radical (unpaired) electrons. The number of rotatable bonds is 82. The molecule has 0 aromatic rings. The molecule has 19 heteroatoms. The Kier molecular flexibility index (Phi) is 75.9. The molecule has 0 heterocycles. The third-order valence-electron chi connectivity index (χ3n) is 18.8. The second-order valence-electron chi connectivity index (χ2n) is 29.2. The van der Waals surface area contributed by atoms with Gasteiger partial charge in [0.2, 0.25) is 0 Å². The summed E-state index contributed by atoms with van der Waals surface area (Å²) in [5, 5.41) is 10.7. The van der Waals surface area contributed by atoms with Gasteiger partial charge in [-0.15, -0.1) is 0 Å². The van der Waals surface area contributed by atoms with Crippen LogP contribution in [0.25, 0.3) is 0 Å². The summed E-state index contributed by atoms with van der Waals surface area (Å²) in [5.41, 5.74) is 0. The van der Waals surface area contributed by atoms with Gasteiger partial charge in [0.1, 0.15) is 19.3 Å². The summed E-state index contributed by atoms with van der Waals surface area (Å²) in [6.45, 7) is 4.91. The fraction of sp³-hybridized carbons (Fsp3) is 0.859. The number of phosphoric acid groups is 2. The van der Waals surface area contributed by atoms with Gasteiger partial charge < -0.3 is 33.8 Å². The molecule has 0 saturated carbocycles. The van der Waals surface area contributed by atoms with Crippen LogP contribution in [-0.2, 0) is 65.4 Å². The van der Waals surface area contributed by atoms with Crippen molar-refractivity contribution in [3.63, 3.8) is 0 Å². The van der Waals surface area contributed by atoms with Crippen LogP contribution in [-0.4, -0.2) is 96.7 Å². The smallest absolute Gasteiger partial charge is 0.462 e. The molecule has 5 atom stereocenters. The summed E-state index contributed by atoms with van der Waals surface area (Å²) in [7, 11) is -9.95. The van der Waals surface area contributed by atoms with Gasteiger partial charge in [-0.2, -0.15) is 0 Å². The van der Waals surface area contributed by atoms with Crippen molar-refractivity contribution >= 4 is 39.5 Å². The molecule has 0 aliphatic rings. The maximum absolute atomic E-state index is 13.1. The Labute approximate surface area is 636 Å². The summed E-state index contributed by atoms with van der Waals surface area (Å²) in [6.07, 6.45) is 77.9. The standard InChI is InChI=1S/C85H158O17P2/c1-5-9-13-17-21-25-29-33-36-39-42-46-49-53-57-61-65-69-82(87)95-75-80(101-84(89)71-67-63-59-55-51-45-32-28-24-20-16-12-8-4)77-99-103(91,92)97-73-79(86)74-98-104(93,94)100-78-81(102-85(90)72-68-64-60-56-52-48-44-41-38-35-31-27-23-19-15-11-7-3)76-96-83(88)70-66-62-58-54-50-47-43-40-37-34-30-26-22-18-14-10-6-2/h22,26,34,37,43,47,54,58,79-81,86H,5-21,23-25,27-33,35-36,38-42,44-46,48-53,55-57,59-78H2,1-4H3,(H,91,92)(H,93,94)/b26-22-,37-34-,47-43-,58-54-/t79-,80-,81-/m1/s1. The molecule has 2 unspecified atom stereocenters. The van der Waals surface area contributed by atoms with E-state index in [9.17, 15) is 43.2 Å². The molecule has 0 aliphatic carbocycles. The normalized spacial score (nSPS) is 14.0. The van der Waals surface area contributed by atoms with Gasteiger partial charge in [-0.1, -0.05) is 372 Å². The number of ether oxygens (including phenoxy) is 4. The molecule has 0 amide bonds. The lowest BCUT2D eigenvalue weighted by Crippen LogP contribution is -2.30. The lowest BCUT2D eigenvalue weighted by atomic mass is 10.0. The molecule has 0 aromatic carbocycles. The molecule has 0 spiro atoms. The molecular weight excluding hydrogens is 1350 g/mol. The maximum atomic E-state index is 13.1. The molecule has 0 fully saturated rings. The lowest BCUT2D eigenvalue weighted by Gasteiger charge is -2.21. The first-order valence-corrected chi connectivity index (χ1v) is 45.9. The molecular formula is C85H158O17P2. The Morgan fingerprint density at radius 2 is 0.481 bits per heavy atom. The average molecular weight is 1510 g/mol. The number of aliphatic hydroxyl groups is 1. The van der Waals surface area contributed by atoms with Crippen LogP contribution in [0.3, 0.4) is 0 Å². The Balaban J connectivity index is 5.33. The Morgan fingerprint density at radius 1 is 0.269 bits per heavy atom. The third kappa shape index (κ3) is 77.2. The van der Waals surface area contributed by atoms with Gasteiger partial charge in [-0.3, -0.25) is 37.3 Å². The summed E-state index contributed by atoms with van der Waals surface area (Å²) in [4.78, 5) is 73.1. The molecule has 610 valence electrons. The molecule has 0 aliphatic heterocycles. The van der Waals surface area contributed by atoms with E-state index in [1.165, 1.54) is 231 Å². The highest BCUT2D eigenvalue weighted by molar-refractivity contribution is 7.47. The molecule has 0 saturated heterocycles. The fourth-order valence-corrected chi connectivity index (χ4v) is 13.9. The van der Waals surface area contributed by atoms with Crippen LogP contribution < -0.4 is 0 Å². The highest BCUT2D eigenvalue weighted by Gasteiger charge is 2.30. The van der Waals surface area contributed by atoms with Gasteiger partial charge in [0.05, 0.1) is 26.4 Å². The summed E-state index contributed by atoms with van der Waals surface area (Å²) in [5.74, 6) is -2.19. The van der Waals surface area contributed by atoms with E-state index >= 15 is 0 Å². The monoisotopic (exact) mass is 1510 g/mol. The van der Waals surface area contributed by atoms with Crippen LogP contribution in [0.4, 0.5) is 0 Å². The first-order chi connectivity index (χ1) is 50.7. The van der Waals surface area contributed by atoms with Gasteiger partial charge in [0.25, 0.3) is 0 Å². The van der Waals surface area contributed by atoms with Gasteiger partial charge in [0, 0.05) is 25.7 Å². The van der Waals surface area contributed by atoms with E-state index in [4.69, 9.17) is 37.0 Å². The zero-order chi connectivity index (χ0) is 76.0. The van der Waals surface area contributed by atoms with Crippen molar-refractivity contribution in [2.24, 2.45) is 0 Å². The number of hydrogen-bond donors (Lipinski definition) is 3. The van der Waals surface area contributed by atoms with Crippen molar-refractivity contribution in [3.05, 3.63) is 48.6 Å². The number of carbonyl (C=O) groups is 4. The van der Waals surface area contributed by atoms with Crippen LogP contribution in [0.5, 0.6) is 0 Å². The van der Waals surface area contributed by atoms with Crippen LogP contribution in [0.1, 0.15) is 413 Å². The SMILES string of the molecule is CCCCC/C=C\C/C=C\C/C=C\C/C=C\CCCC(=O)OC[C@H](COP(=O)(O)OC[C@H](O)COP(=O)(O)OC[C@@H](COC(=O)CCCCCCCCCCCCCCCCCCC)OC(=O)CCCCCCCCCCCCCCC)OC(=O)CCCCCCCCCCCCCCCCCCC. The van der Waals surface area contributed by atoms with E-state index in [0.717, 1.165) is 96.3 Å². The molecule has 17 nitrogen and oxygen atoms in total. The first kappa shape index (κ1) is 101. The number of hydrogen-bond acceptors (Lipinski definition) is 15. The van der Waals surface area contributed by atoms with E-state index < -0.39 is 97.5 Å². The van der Waals surface area contributed by atoms with Crippen LogP contribution in [0.15, 0.2) is 48.6 Å². The minimum absolute atomic E-state index is 0.0917. The van der Waals surface area contributed by atoms with Crippen molar-refractivity contribution in [1.29, 1.82) is 0 Å². The predicted molar refractivity (Wildman–Crippen MR) is 427 cm³/mol. The number of aliphatic hydroxyl groups excluding tert-OH is 1. The molecule has 0 aromatic heterocycles. The second-order valence-corrected chi connectivity index (χ2v) is 32.1. The van der Waals surface area contributed by atoms with Crippen molar-refractivity contribution in [2.75, 3.05) is 39.6 Å². The average Bonchev–Trinajstić information content (AvgIpc) is 0.910. The van der Waals surface area contributed by atoms with Crippen molar-refractivity contribution < 1.29 is 80.2 Å². The van der Waals surface area contributed by atoms with Crippen LogP contribution in [0.2, 0.25) is 0 Å². The van der Waals surface area contributed by atoms with E-state index in [1.54, 1.807) is 0 Å². The zero-order valence-electron chi connectivity index (χ0n) is 67.0. The molecule has 104 heavy (non-hydrogen) atoms. The largest absolute Gasteiger partial charge is 0.472 e. The fourth-order valence-electron chi connectivity index (χ4n) is 12.3. The summed E-state index contributed by atoms with van der Waals surface area (Å²) < 4.78 is 68.8. The van der Waals surface area contributed by atoms with Crippen molar-refractivity contribution in [2.45, 2.75) is 431 Å². The van der Waals surface area contributed by atoms with Gasteiger partial charge >= 0.3 is 39.5 Å². The quantitative estimate of drug-likeness (QED) is 0.0169. The Bertz CT molecular complexity index is 2150. The Morgan fingerprint density at radius 3 is 0.760 bits per heavy atom. The summed E-state index contributed by atoms with van der Waals surface area (Å²) in [6, 6.07) is 0. The number of carbonyl (C=O) groups excluding carboxylic acids is 4. The first-order valence-electron chi connectivity index (χ1n) is 42.9. The van der Waals surface area contributed by atoms with Crippen molar-refractivity contribution in [3.8, 4) is 0 Å². The van der Waals surface area contributed by atoms with E-state index in [0.29, 0.717) is 32.1 Å². The minimum Gasteiger partial charge on any atom is -0.462 e. The van der Waals surface area contributed by atoms with E-state index in [-0.39, 0.29) is 25.7 Å². The van der Waals surface area contributed by atoms with E-state index in [1.807, 2.05) is 12.2 Å². The van der Waals surface area contributed by atoms with Crippen LogP contribution in [0, 0.1) is 0 Å². The topological polar surface area (TPSA) is 237 Å². The third-order valence-corrected chi connectivity index (χ3v) is 20.7. The lowest BCUT2D eigenvalue weighted by molar-refractivity contribution is -0.161. The predicted octanol–water partition coefficient (Wildman–Crippen LogP) is 25.2. The molecule has 0 bridgehead atoms. The highest BCUT2D eigenvalue weighted by atomic mass is 31.2. The number of allylic oxidation sites excluding steroid dienone is 8. The molecule has 0 rings (SSSR count). The number of esters is 4. The minimum atomic E-state index is -4.98. The number of unbranched alkanes of at least 4 members (excludes halogenated alkanes) is 48. The van der Waals surface area contributed by atoms with Gasteiger partial charge in [-0.05, 0) is 64.2 Å². The van der Waals surface area contributed by atoms with Crippen LogP contribution >= 0.6 is 15.6 Å². The number of phosphoric ester groups is 2. The second kappa shape index (κ2) is 78.2.